The number of carbonyl (C=O) groups is 1. The van der Waals surface area contributed by atoms with Crippen molar-refractivity contribution in [2.45, 2.75) is 32.1 Å². The number of rotatable bonds is 6. The number of carbonyl (C=O) groups excluding carboxylic acids is 1. The van der Waals surface area contributed by atoms with E-state index in [1.54, 1.807) is 7.05 Å². The molecule has 4 rings (SSSR count). The summed E-state index contributed by atoms with van der Waals surface area (Å²) >= 11 is 0. The van der Waals surface area contributed by atoms with Crippen molar-refractivity contribution < 1.29 is 14.3 Å². The normalized spacial score (nSPS) is 22.8. The molecule has 2 aliphatic heterocycles. The Bertz CT molecular complexity index is 878. The summed E-state index contributed by atoms with van der Waals surface area (Å²) in [5.41, 5.74) is 7.61. The van der Waals surface area contributed by atoms with E-state index in [9.17, 15) is 4.79 Å². The van der Waals surface area contributed by atoms with Crippen LogP contribution in [-0.2, 0) is 20.7 Å². The SMILES string of the molecule is CNc1nc(N)nc2c1NCN2C1OC(COC(=O)Cc2ccccc2)CC1C. The molecule has 0 spiro atoms. The van der Waals surface area contributed by atoms with Crippen LogP contribution in [0.3, 0.4) is 0 Å². The number of hydrogen-bond acceptors (Lipinski definition) is 9. The van der Waals surface area contributed by atoms with Crippen LogP contribution in [0.2, 0.25) is 0 Å². The molecule has 3 atom stereocenters. The predicted octanol–water partition coefficient (Wildman–Crippen LogP) is 1.83. The quantitative estimate of drug-likeness (QED) is 0.627. The molecule has 2 aromatic rings. The summed E-state index contributed by atoms with van der Waals surface area (Å²) in [6.07, 6.45) is 0.732. The molecule has 29 heavy (non-hydrogen) atoms. The summed E-state index contributed by atoms with van der Waals surface area (Å²) in [4.78, 5) is 22.8. The maximum absolute atomic E-state index is 12.1. The molecule has 2 aliphatic rings. The summed E-state index contributed by atoms with van der Waals surface area (Å²) in [5, 5.41) is 6.34. The van der Waals surface area contributed by atoms with Crippen molar-refractivity contribution in [2.75, 3.05) is 41.6 Å². The number of nitrogen functional groups attached to an aromatic ring is 1. The highest BCUT2D eigenvalue weighted by molar-refractivity contribution is 5.82. The number of nitrogens with one attached hydrogen (secondary N) is 2. The number of esters is 1. The van der Waals surface area contributed by atoms with Crippen LogP contribution in [-0.4, -0.2) is 48.6 Å². The van der Waals surface area contributed by atoms with Crippen LogP contribution in [0.4, 0.5) is 23.3 Å². The topological polar surface area (TPSA) is 115 Å². The van der Waals surface area contributed by atoms with Crippen molar-refractivity contribution in [1.82, 2.24) is 9.97 Å². The summed E-state index contributed by atoms with van der Waals surface area (Å²) < 4.78 is 11.7. The van der Waals surface area contributed by atoms with Gasteiger partial charge in [0, 0.05) is 13.0 Å². The van der Waals surface area contributed by atoms with E-state index in [2.05, 4.69) is 27.5 Å². The molecule has 1 saturated heterocycles. The Balaban J connectivity index is 1.37. The van der Waals surface area contributed by atoms with Crippen molar-refractivity contribution in [2.24, 2.45) is 5.92 Å². The Morgan fingerprint density at radius 3 is 2.93 bits per heavy atom. The first-order valence-corrected chi connectivity index (χ1v) is 9.76. The zero-order chi connectivity index (χ0) is 20.4. The Morgan fingerprint density at radius 2 is 2.17 bits per heavy atom. The van der Waals surface area contributed by atoms with Crippen LogP contribution in [0.1, 0.15) is 18.9 Å². The van der Waals surface area contributed by atoms with E-state index >= 15 is 0 Å². The smallest absolute Gasteiger partial charge is 0.310 e. The van der Waals surface area contributed by atoms with Crippen LogP contribution in [0.5, 0.6) is 0 Å². The van der Waals surface area contributed by atoms with E-state index in [4.69, 9.17) is 15.2 Å². The van der Waals surface area contributed by atoms with Crippen molar-refractivity contribution >= 4 is 29.2 Å². The lowest BCUT2D eigenvalue weighted by Gasteiger charge is -2.27. The summed E-state index contributed by atoms with van der Waals surface area (Å²) in [5.74, 6) is 1.59. The van der Waals surface area contributed by atoms with E-state index in [-0.39, 0.29) is 43.2 Å². The molecule has 0 radical (unpaired) electrons. The van der Waals surface area contributed by atoms with Crippen molar-refractivity contribution in [3.8, 4) is 0 Å². The maximum atomic E-state index is 12.1. The molecular weight excluding hydrogens is 372 g/mol. The second kappa shape index (κ2) is 8.12. The highest BCUT2D eigenvalue weighted by Crippen LogP contribution is 2.40. The Morgan fingerprint density at radius 1 is 1.38 bits per heavy atom. The van der Waals surface area contributed by atoms with Gasteiger partial charge in [-0.15, -0.1) is 0 Å². The van der Waals surface area contributed by atoms with Gasteiger partial charge in [-0.05, 0) is 12.0 Å². The molecule has 0 bridgehead atoms. The first-order valence-electron chi connectivity index (χ1n) is 9.76. The molecule has 1 fully saturated rings. The molecule has 1 aromatic carbocycles. The predicted molar refractivity (Wildman–Crippen MR) is 111 cm³/mol. The maximum Gasteiger partial charge on any atom is 0.310 e. The van der Waals surface area contributed by atoms with E-state index in [0.717, 1.165) is 23.5 Å². The van der Waals surface area contributed by atoms with Crippen LogP contribution in [0.15, 0.2) is 30.3 Å². The van der Waals surface area contributed by atoms with Gasteiger partial charge in [-0.2, -0.15) is 9.97 Å². The molecule has 3 heterocycles. The van der Waals surface area contributed by atoms with Gasteiger partial charge in [-0.1, -0.05) is 37.3 Å². The van der Waals surface area contributed by atoms with Crippen molar-refractivity contribution in [3.63, 3.8) is 0 Å². The lowest BCUT2D eigenvalue weighted by Crippen LogP contribution is -2.39. The third-order valence-electron chi connectivity index (χ3n) is 5.22. The third-order valence-corrected chi connectivity index (χ3v) is 5.22. The second-order valence-corrected chi connectivity index (χ2v) is 7.39. The standard InChI is InChI=1S/C20H26N6O3/c1-12-8-14(10-28-15(27)9-13-6-4-3-5-7-13)29-19(12)26-11-23-16-17(22-2)24-20(21)25-18(16)26/h3-7,12,14,19,23H,8-11H2,1-2H3,(H3,21,22,24,25). The monoisotopic (exact) mass is 398 g/mol. The van der Waals surface area contributed by atoms with Crippen molar-refractivity contribution in [3.05, 3.63) is 35.9 Å². The molecule has 0 saturated carbocycles. The zero-order valence-electron chi connectivity index (χ0n) is 16.6. The highest BCUT2D eigenvalue weighted by Gasteiger charge is 2.40. The summed E-state index contributed by atoms with van der Waals surface area (Å²) in [6, 6.07) is 9.57. The lowest BCUT2D eigenvalue weighted by molar-refractivity contribution is -0.146. The Kier molecular flexibility index (Phi) is 5.39. The molecule has 1 aromatic heterocycles. The number of fused-ring (bicyclic) bond motifs is 1. The van der Waals surface area contributed by atoms with Crippen LogP contribution in [0, 0.1) is 5.92 Å². The molecule has 0 aliphatic carbocycles. The number of anilines is 4. The van der Waals surface area contributed by atoms with Gasteiger partial charge >= 0.3 is 5.97 Å². The average Bonchev–Trinajstić information content (AvgIpc) is 3.29. The van der Waals surface area contributed by atoms with Gasteiger partial charge < -0.3 is 30.7 Å². The van der Waals surface area contributed by atoms with E-state index in [1.807, 2.05) is 35.2 Å². The fraction of sp³-hybridized carbons (Fsp3) is 0.450. The number of aromatic nitrogens is 2. The molecule has 4 N–H and O–H groups in total. The first kappa shape index (κ1) is 19.3. The molecule has 154 valence electrons. The van der Waals surface area contributed by atoms with Gasteiger partial charge in [0.05, 0.1) is 19.2 Å². The zero-order valence-corrected chi connectivity index (χ0v) is 16.6. The Hall–Kier alpha value is -3.07. The molecular formula is C20H26N6O3. The van der Waals surface area contributed by atoms with Gasteiger partial charge in [0.1, 0.15) is 18.5 Å². The highest BCUT2D eigenvalue weighted by atomic mass is 16.6. The third kappa shape index (κ3) is 4.04. The lowest BCUT2D eigenvalue weighted by atomic mass is 10.1. The molecule has 3 unspecified atom stereocenters. The minimum Gasteiger partial charge on any atom is -0.463 e. The minimum absolute atomic E-state index is 0.151. The van der Waals surface area contributed by atoms with Crippen molar-refractivity contribution in [1.29, 1.82) is 0 Å². The summed E-state index contributed by atoms with van der Waals surface area (Å²) in [7, 11) is 1.79. The number of benzene rings is 1. The van der Waals surface area contributed by atoms with Crippen LogP contribution >= 0.6 is 0 Å². The second-order valence-electron chi connectivity index (χ2n) is 7.39. The fourth-order valence-electron chi connectivity index (χ4n) is 3.87. The molecule has 0 amide bonds. The molecule has 9 heteroatoms. The van der Waals surface area contributed by atoms with E-state index in [0.29, 0.717) is 12.5 Å². The van der Waals surface area contributed by atoms with Gasteiger partial charge in [-0.25, -0.2) is 0 Å². The van der Waals surface area contributed by atoms with Gasteiger partial charge in [0.15, 0.2) is 11.6 Å². The average molecular weight is 398 g/mol. The van der Waals surface area contributed by atoms with E-state index < -0.39 is 0 Å². The number of nitrogens with two attached hydrogens (primary N) is 1. The van der Waals surface area contributed by atoms with Gasteiger partial charge in [0.25, 0.3) is 0 Å². The largest absolute Gasteiger partial charge is 0.463 e. The molecule has 9 nitrogen and oxygen atoms in total. The number of ether oxygens (including phenoxy) is 2. The minimum atomic E-state index is -0.247. The number of nitrogens with zero attached hydrogens (tertiary/aromatic N) is 3. The number of hydrogen-bond donors (Lipinski definition) is 3. The van der Waals surface area contributed by atoms with E-state index in [1.165, 1.54) is 0 Å². The van der Waals surface area contributed by atoms with Crippen LogP contribution < -0.4 is 21.3 Å². The first-order chi connectivity index (χ1) is 14.0. The van der Waals surface area contributed by atoms with Crippen LogP contribution in [0.25, 0.3) is 0 Å². The Labute approximate surface area is 169 Å². The summed E-state index contributed by atoms with van der Waals surface area (Å²) in [6.45, 7) is 2.92. The van der Waals surface area contributed by atoms with Gasteiger partial charge in [0.2, 0.25) is 5.95 Å². The fourth-order valence-corrected chi connectivity index (χ4v) is 3.87. The van der Waals surface area contributed by atoms with Gasteiger partial charge in [-0.3, -0.25) is 4.79 Å².